The average Bonchev–Trinajstić information content (AvgIpc) is 2.09. The predicted molar refractivity (Wildman–Crippen MR) is 32.2 cm³/mol. The van der Waals surface area contributed by atoms with Crippen LogP contribution in [0.3, 0.4) is 0 Å². The number of ether oxygens (including phenoxy) is 1. The summed E-state index contributed by atoms with van der Waals surface area (Å²) in [5.74, 6) is 0. The molecule has 2 fully saturated rings. The Morgan fingerprint density at radius 2 is 2.33 bits per heavy atom. The Labute approximate surface area is 54.0 Å². The molecule has 2 rings (SSSR count). The second-order valence-corrected chi connectivity index (χ2v) is 2.96. The van der Waals surface area contributed by atoms with Gasteiger partial charge in [0.25, 0.3) is 0 Å². The smallest absolute Gasteiger partial charge is 0.0956 e. The zero-order valence-corrected chi connectivity index (χ0v) is 5.26. The first-order valence-corrected chi connectivity index (χ1v) is 3.34. The van der Waals surface area contributed by atoms with Crippen LogP contribution in [0.1, 0.15) is 6.42 Å². The van der Waals surface area contributed by atoms with Crippen molar-refractivity contribution in [3.05, 3.63) is 0 Å². The van der Waals surface area contributed by atoms with Gasteiger partial charge in [-0.05, 0) is 0 Å². The van der Waals surface area contributed by atoms with E-state index in [4.69, 9.17) is 9.84 Å². The highest BCUT2D eigenvalue weighted by Gasteiger charge is 2.44. The summed E-state index contributed by atoms with van der Waals surface area (Å²) >= 11 is 0. The lowest BCUT2D eigenvalue weighted by atomic mass is 9.93. The van der Waals surface area contributed by atoms with E-state index < -0.39 is 0 Å². The van der Waals surface area contributed by atoms with Gasteiger partial charge in [-0.1, -0.05) is 0 Å². The van der Waals surface area contributed by atoms with Crippen molar-refractivity contribution in [3.63, 3.8) is 0 Å². The molecule has 0 aromatic carbocycles. The fourth-order valence-corrected chi connectivity index (χ4v) is 1.47. The van der Waals surface area contributed by atoms with Crippen molar-refractivity contribution >= 4 is 0 Å². The van der Waals surface area contributed by atoms with Crippen molar-refractivity contribution in [2.45, 2.75) is 18.1 Å². The van der Waals surface area contributed by atoms with Crippen molar-refractivity contribution in [3.8, 4) is 0 Å². The molecule has 2 heterocycles. The molecule has 2 aliphatic heterocycles. The Kier molecular flexibility index (Phi) is 1.06. The molecule has 9 heavy (non-hydrogen) atoms. The van der Waals surface area contributed by atoms with Gasteiger partial charge in [-0.15, -0.1) is 0 Å². The second-order valence-electron chi connectivity index (χ2n) is 2.96. The quantitative estimate of drug-likeness (QED) is 0.446. The predicted octanol–water partition coefficient (Wildman–Crippen LogP) is -0.890. The third-order valence-electron chi connectivity index (χ3n) is 2.08. The van der Waals surface area contributed by atoms with Crippen LogP contribution in [-0.2, 0) is 4.74 Å². The SMILES string of the molecule is O[C@@H]1COC2(CNC2)C1. The van der Waals surface area contributed by atoms with E-state index in [1.807, 2.05) is 0 Å². The van der Waals surface area contributed by atoms with E-state index in [1.165, 1.54) is 0 Å². The maximum Gasteiger partial charge on any atom is 0.0956 e. The number of nitrogens with one attached hydrogen (secondary N) is 1. The van der Waals surface area contributed by atoms with Crippen LogP contribution in [-0.4, -0.2) is 36.5 Å². The summed E-state index contributed by atoms with van der Waals surface area (Å²) in [5.41, 5.74) is 0.0272. The van der Waals surface area contributed by atoms with Crippen molar-refractivity contribution in [2.24, 2.45) is 0 Å². The third kappa shape index (κ3) is 0.764. The first-order chi connectivity index (χ1) is 4.31. The molecule has 0 radical (unpaired) electrons. The summed E-state index contributed by atoms with van der Waals surface area (Å²) in [6.07, 6.45) is 0.604. The van der Waals surface area contributed by atoms with Crippen molar-refractivity contribution in [1.29, 1.82) is 0 Å². The lowest BCUT2D eigenvalue weighted by Gasteiger charge is -2.37. The first kappa shape index (κ1) is 5.65. The van der Waals surface area contributed by atoms with Crippen LogP contribution in [0.5, 0.6) is 0 Å². The van der Waals surface area contributed by atoms with Gasteiger partial charge in [-0.2, -0.15) is 0 Å². The van der Waals surface area contributed by atoms with Crippen LogP contribution < -0.4 is 5.32 Å². The van der Waals surface area contributed by atoms with Gasteiger partial charge in [0.05, 0.1) is 18.3 Å². The van der Waals surface area contributed by atoms with Crippen LogP contribution in [0.4, 0.5) is 0 Å². The Morgan fingerprint density at radius 1 is 1.56 bits per heavy atom. The summed E-state index contributed by atoms with van der Waals surface area (Å²) in [5, 5.41) is 12.2. The number of rotatable bonds is 0. The summed E-state index contributed by atoms with van der Waals surface area (Å²) in [6.45, 7) is 2.37. The molecule has 52 valence electrons. The van der Waals surface area contributed by atoms with Crippen LogP contribution >= 0.6 is 0 Å². The lowest BCUT2D eigenvalue weighted by molar-refractivity contribution is -0.0370. The molecular weight excluding hydrogens is 118 g/mol. The molecular formula is C6H11NO2. The largest absolute Gasteiger partial charge is 0.391 e. The molecule has 0 aromatic heterocycles. The highest BCUT2D eigenvalue weighted by atomic mass is 16.5. The van der Waals surface area contributed by atoms with Gasteiger partial charge in [0.1, 0.15) is 0 Å². The van der Waals surface area contributed by atoms with Crippen molar-refractivity contribution in [2.75, 3.05) is 19.7 Å². The molecule has 3 heteroatoms. The topological polar surface area (TPSA) is 41.5 Å². The molecule has 2 aliphatic rings. The summed E-state index contributed by atoms with van der Waals surface area (Å²) in [4.78, 5) is 0. The molecule has 0 aromatic rings. The highest BCUT2D eigenvalue weighted by Crippen LogP contribution is 2.28. The maximum atomic E-state index is 9.08. The van der Waals surface area contributed by atoms with Gasteiger partial charge in [-0.25, -0.2) is 0 Å². The lowest BCUT2D eigenvalue weighted by Crippen LogP contribution is -2.59. The Hall–Kier alpha value is -0.120. The summed E-state index contributed by atoms with van der Waals surface area (Å²) < 4.78 is 5.38. The monoisotopic (exact) mass is 129 g/mol. The van der Waals surface area contributed by atoms with Crippen molar-refractivity contribution < 1.29 is 9.84 Å². The maximum absolute atomic E-state index is 9.08. The molecule has 0 saturated carbocycles. The molecule has 1 atom stereocenters. The molecule has 2 saturated heterocycles. The van der Waals surface area contributed by atoms with E-state index in [-0.39, 0.29) is 11.7 Å². The van der Waals surface area contributed by atoms with Gasteiger partial charge in [-0.3, -0.25) is 0 Å². The molecule has 0 aliphatic carbocycles. The van der Waals surface area contributed by atoms with Crippen LogP contribution in [0, 0.1) is 0 Å². The van der Waals surface area contributed by atoms with Crippen LogP contribution in [0.25, 0.3) is 0 Å². The zero-order chi connectivity index (χ0) is 6.32. The average molecular weight is 129 g/mol. The minimum absolute atomic E-state index is 0.0272. The fraction of sp³-hybridized carbons (Fsp3) is 1.00. The Morgan fingerprint density at radius 3 is 2.56 bits per heavy atom. The van der Waals surface area contributed by atoms with E-state index in [1.54, 1.807) is 0 Å². The number of hydrogen-bond donors (Lipinski definition) is 2. The zero-order valence-electron chi connectivity index (χ0n) is 5.26. The number of aliphatic hydroxyl groups excluding tert-OH is 1. The highest BCUT2D eigenvalue weighted by molar-refractivity contribution is 4.99. The van der Waals surface area contributed by atoms with Gasteiger partial charge >= 0.3 is 0 Å². The van der Waals surface area contributed by atoms with E-state index in [9.17, 15) is 0 Å². The van der Waals surface area contributed by atoms with E-state index in [0.29, 0.717) is 6.61 Å². The standard InChI is InChI=1S/C6H11NO2/c8-5-1-6(9-2-5)3-7-4-6/h5,7-8H,1-4H2/t5-/m0/s1. The van der Waals surface area contributed by atoms with Crippen LogP contribution in [0.2, 0.25) is 0 Å². The van der Waals surface area contributed by atoms with E-state index in [0.717, 1.165) is 19.5 Å². The van der Waals surface area contributed by atoms with E-state index in [2.05, 4.69) is 5.32 Å². The Bertz CT molecular complexity index is 122. The molecule has 3 nitrogen and oxygen atoms in total. The minimum atomic E-state index is -0.216. The van der Waals surface area contributed by atoms with Gasteiger partial charge in [0.15, 0.2) is 0 Å². The van der Waals surface area contributed by atoms with Gasteiger partial charge in [0.2, 0.25) is 0 Å². The van der Waals surface area contributed by atoms with Gasteiger partial charge < -0.3 is 15.2 Å². The van der Waals surface area contributed by atoms with E-state index >= 15 is 0 Å². The second kappa shape index (κ2) is 1.68. The minimum Gasteiger partial charge on any atom is -0.391 e. The number of aliphatic hydroxyl groups is 1. The molecule has 0 bridgehead atoms. The molecule has 2 N–H and O–H groups in total. The molecule has 1 spiro atoms. The molecule has 0 amide bonds. The normalized spacial score (nSPS) is 39.0. The van der Waals surface area contributed by atoms with Gasteiger partial charge in [0, 0.05) is 19.5 Å². The number of hydrogen-bond acceptors (Lipinski definition) is 3. The molecule has 0 unspecified atom stereocenters. The first-order valence-electron chi connectivity index (χ1n) is 3.34. The Balaban J connectivity index is 1.99. The summed E-state index contributed by atoms with van der Waals surface area (Å²) in [6, 6.07) is 0. The van der Waals surface area contributed by atoms with Crippen molar-refractivity contribution in [1.82, 2.24) is 5.32 Å². The third-order valence-corrected chi connectivity index (χ3v) is 2.08. The van der Waals surface area contributed by atoms with Crippen LogP contribution in [0.15, 0.2) is 0 Å². The fourth-order valence-electron chi connectivity index (χ4n) is 1.47. The summed E-state index contributed by atoms with van der Waals surface area (Å²) in [7, 11) is 0.